The van der Waals surface area contributed by atoms with Gasteiger partial charge < -0.3 is 34.7 Å². The molecule has 0 aliphatic carbocycles. The van der Waals surface area contributed by atoms with Gasteiger partial charge in [0.25, 0.3) is 0 Å². The van der Waals surface area contributed by atoms with E-state index < -0.39 is 0 Å². The number of anilines is 2. The van der Waals surface area contributed by atoms with Crippen LogP contribution in [-0.4, -0.2) is 87.1 Å². The van der Waals surface area contributed by atoms with Crippen LogP contribution in [0, 0.1) is 11.3 Å². The standard InChI is InChI=1S/C33H39N5O4.C3H8O/c1-23(2)31(34)30-29(25-10-12-28(13-11-25)37-15-17-41-18-16-37)19-27(21-39)36-32(30)35-26-9-6-14-38(20-26)33(40)42-22-24-7-4-3-5-8-24;1-3-4-2/h3-5,7-8,10-13,19,21,23,26,34H,6,9,14-18,20,22H2,1-2H3,(H,35,36);3H2,1-2H3. The summed E-state index contributed by atoms with van der Waals surface area (Å²) in [5.74, 6) is 0.437. The molecule has 1 atom stereocenters. The van der Waals surface area contributed by atoms with Crippen LogP contribution in [0.1, 0.15) is 55.2 Å². The van der Waals surface area contributed by atoms with Crippen molar-refractivity contribution in [3.8, 4) is 11.1 Å². The fraction of sp³-hybridized carbons (Fsp3) is 0.444. The van der Waals surface area contributed by atoms with Gasteiger partial charge in [-0.3, -0.25) is 4.79 Å². The molecule has 0 saturated carbocycles. The van der Waals surface area contributed by atoms with Crippen LogP contribution in [0.3, 0.4) is 0 Å². The Bertz CT molecular complexity index is 1420. The van der Waals surface area contributed by atoms with Crippen LogP contribution in [0.5, 0.6) is 0 Å². The third kappa shape index (κ3) is 9.37. The molecule has 0 spiro atoms. The van der Waals surface area contributed by atoms with Gasteiger partial charge >= 0.3 is 6.09 Å². The molecule has 10 heteroatoms. The summed E-state index contributed by atoms with van der Waals surface area (Å²) in [5, 5.41) is 12.5. The van der Waals surface area contributed by atoms with Crippen LogP contribution in [-0.2, 0) is 20.8 Å². The van der Waals surface area contributed by atoms with E-state index in [2.05, 4.69) is 32.1 Å². The number of amides is 1. The molecule has 3 aromatic rings. The van der Waals surface area contributed by atoms with E-state index in [1.54, 1.807) is 18.1 Å². The lowest BCUT2D eigenvalue weighted by Gasteiger charge is -2.33. The second kappa shape index (κ2) is 17.4. The van der Waals surface area contributed by atoms with Gasteiger partial charge in [-0.25, -0.2) is 9.78 Å². The van der Waals surface area contributed by atoms with Crippen LogP contribution in [0.4, 0.5) is 16.3 Å². The van der Waals surface area contributed by atoms with Crippen molar-refractivity contribution >= 4 is 29.6 Å². The molecule has 46 heavy (non-hydrogen) atoms. The van der Waals surface area contributed by atoms with Crippen molar-refractivity contribution in [2.75, 3.05) is 63.3 Å². The third-order valence-corrected chi connectivity index (χ3v) is 8.08. The van der Waals surface area contributed by atoms with Crippen molar-refractivity contribution in [2.45, 2.75) is 46.3 Å². The molecule has 2 N–H and O–H groups in total. The first-order valence-corrected chi connectivity index (χ1v) is 16.1. The lowest BCUT2D eigenvalue weighted by atomic mass is 9.91. The number of hydrogen-bond donors (Lipinski definition) is 2. The first-order chi connectivity index (χ1) is 22.3. The van der Waals surface area contributed by atoms with Crippen molar-refractivity contribution in [2.24, 2.45) is 5.92 Å². The Morgan fingerprint density at radius 1 is 1.11 bits per heavy atom. The van der Waals surface area contributed by atoms with E-state index >= 15 is 0 Å². The number of carbonyl (C=O) groups is 2. The molecule has 2 fully saturated rings. The highest BCUT2D eigenvalue weighted by Crippen LogP contribution is 2.33. The van der Waals surface area contributed by atoms with E-state index in [-0.39, 0.29) is 24.7 Å². The third-order valence-electron chi connectivity index (χ3n) is 8.08. The van der Waals surface area contributed by atoms with Gasteiger partial charge in [0.15, 0.2) is 6.29 Å². The van der Waals surface area contributed by atoms with E-state index in [1.807, 2.05) is 63.2 Å². The molecule has 5 rings (SSSR count). The van der Waals surface area contributed by atoms with Gasteiger partial charge in [0.1, 0.15) is 18.1 Å². The number of morpholine rings is 1. The summed E-state index contributed by atoms with van der Waals surface area (Å²) >= 11 is 0. The molecule has 2 aliphatic heterocycles. The van der Waals surface area contributed by atoms with Crippen molar-refractivity contribution in [1.82, 2.24) is 9.88 Å². The Labute approximate surface area is 272 Å². The van der Waals surface area contributed by atoms with Crippen molar-refractivity contribution in [3.63, 3.8) is 0 Å². The minimum Gasteiger partial charge on any atom is -0.445 e. The summed E-state index contributed by atoms with van der Waals surface area (Å²) < 4.78 is 15.6. The molecule has 2 aliphatic rings. The van der Waals surface area contributed by atoms with Gasteiger partial charge in [0.2, 0.25) is 0 Å². The predicted molar refractivity (Wildman–Crippen MR) is 182 cm³/mol. The highest BCUT2D eigenvalue weighted by atomic mass is 16.6. The first kappa shape index (κ1) is 34.6. The maximum atomic E-state index is 12.9. The number of methoxy groups -OCH3 is 1. The molecular weight excluding hydrogens is 582 g/mol. The number of hydrogen-bond acceptors (Lipinski definition) is 9. The van der Waals surface area contributed by atoms with E-state index in [9.17, 15) is 9.59 Å². The lowest BCUT2D eigenvalue weighted by Crippen LogP contribution is -2.45. The van der Waals surface area contributed by atoms with Gasteiger partial charge in [-0.2, -0.15) is 0 Å². The smallest absolute Gasteiger partial charge is 0.410 e. The molecule has 10 nitrogen and oxygen atoms in total. The summed E-state index contributed by atoms with van der Waals surface area (Å²) in [6.45, 7) is 11.1. The summed E-state index contributed by atoms with van der Waals surface area (Å²) in [6, 6.07) is 19.5. The van der Waals surface area contributed by atoms with E-state index in [0.29, 0.717) is 49.1 Å². The molecule has 0 bridgehead atoms. The molecule has 1 amide bonds. The maximum absolute atomic E-state index is 12.9. The maximum Gasteiger partial charge on any atom is 0.410 e. The zero-order valence-corrected chi connectivity index (χ0v) is 27.5. The zero-order chi connectivity index (χ0) is 32.9. The second-order valence-corrected chi connectivity index (χ2v) is 11.7. The summed E-state index contributed by atoms with van der Waals surface area (Å²) in [6.07, 6.45) is 2.02. The molecule has 2 aromatic carbocycles. The van der Waals surface area contributed by atoms with Crippen LogP contribution < -0.4 is 10.2 Å². The van der Waals surface area contributed by atoms with E-state index in [1.165, 1.54) is 0 Å². The molecule has 246 valence electrons. The normalized spacial score (nSPS) is 16.3. The molecule has 1 unspecified atom stereocenters. The average Bonchev–Trinajstić information content (AvgIpc) is 3.11. The Kier molecular flexibility index (Phi) is 13.1. The largest absolute Gasteiger partial charge is 0.445 e. The Hall–Kier alpha value is -4.28. The number of piperidine rings is 1. The number of pyridine rings is 1. The summed E-state index contributed by atoms with van der Waals surface area (Å²) in [5.41, 5.74) is 5.16. The number of benzene rings is 2. The van der Waals surface area contributed by atoms with Gasteiger partial charge in [-0.15, -0.1) is 0 Å². The first-order valence-electron chi connectivity index (χ1n) is 16.1. The van der Waals surface area contributed by atoms with Crippen LogP contribution in [0.2, 0.25) is 0 Å². The van der Waals surface area contributed by atoms with Gasteiger partial charge in [-0.05, 0) is 60.6 Å². The minimum absolute atomic E-state index is 0.0587. The summed E-state index contributed by atoms with van der Waals surface area (Å²) in [4.78, 5) is 33.5. The number of nitrogens with one attached hydrogen (secondary N) is 2. The number of aromatic nitrogens is 1. The second-order valence-electron chi connectivity index (χ2n) is 11.7. The molecule has 1 aromatic heterocycles. The average molecular weight is 630 g/mol. The zero-order valence-electron chi connectivity index (χ0n) is 27.5. The van der Waals surface area contributed by atoms with Gasteiger partial charge in [0, 0.05) is 62.9 Å². The minimum atomic E-state index is -0.351. The highest BCUT2D eigenvalue weighted by Gasteiger charge is 2.28. The monoisotopic (exact) mass is 629 g/mol. The van der Waals surface area contributed by atoms with Crippen LogP contribution >= 0.6 is 0 Å². The highest BCUT2D eigenvalue weighted by molar-refractivity contribution is 6.09. The number of ether oxygens (including phenoxy) is 3. The van der Waals surface area contributed by atoms with Crippen molar-refractivity contribution < 1.29 is 23.8 Å². The Balaban J connectivity index is 0.00000113. The molecule has 0 radical (unpaired) electrons. The number of nitrogens with zero attached hydrogens (tertiary/aromatic N) is 3. The van der Waals surface area contributed by atoms with Crippen molar-refractivity contribution in [3.05, 3.63) is 77.5 Å². The quantitative estimate of drug-likeness (QED) is 0.199. The lowest BCUT2D eigenvalue weighted by molar-refractivity contribution is 0.0874. The number of carbonyl (C=O) groups excluding carboxylic acids is 2. The fourth-order valence-corrected chi connectivity index (χ4v) is 5.46. The SMILES string of the molecule is CC(C)C(=N)c1c(-c2ccc(N3CCOCC3)cc2)cc(C=O)nc1NC1CCCN(C(=O)OCc2ccccc2)C1.CCOC. The predicted octanol–water partition coefficient (Wildman–Crippen LogP) is 6.29. The number of aldehydes is 1. The Morgan fingerprint density at radius 3 is 2.43 bits per heavy atom. The topological polar surface area (TPSA) is 117 Å². The molecule has 2 saturated heterocycles. The van der Waals surface area contributed by atoms with E-state index in [4.69, 9.17) is 14.9 Å². The van der Waals surface area contributed by atoms with Gasteiger partial charge in [-0.1, -0.05) is 56.3 Å². The van der Waals surface area contributed by atoms with Crippen LogP contribution in [0.25, 0.3) is 11.1 Å². The van der Waals surface area contributed by atoms with E-state index in [0.717, 1.165) is 61.2 Å². The summed E-state index contributed by atoms with van der Waals surface area (Å²) in [7, 11) is 1.68. The number of likely N-dealkylation sites (tertiary alicyclic amines) is 1. The fourth-order valence-electron chi connectivity index (χ4n) is 5.46. The number of rotatable bonds is 10. The molecule has 3 heterocycles. The molecular formula is C36H47N5O5. The Morgan fingerprint density at radius 2 is 1.80 bits per heavy atom. The van der Waals surface area contributed by atoms with Gasteiger partial charge in [0.05, 0.1) is 13.2 Å². The van der Waals surface area contributed by atoms with Crippen molar-refractivity contribution in [1.29, 1.82) is 5.41 Å². The van der Waals surface area contributed by atoms with Crippen LogP contribution in [0.15, 0.2) is 60.7 Å².